The van der Waals surface area contributed by atoms with Gasteiger partial charge < -0.3 is 10.1 Å². The van der Waals surface area contributed by atoms with Gasteiger partial charge >= 0.3 is 6.61 Å². The van der Waals surface area contributed by atoms with Crippen molar-refractivity contribution < 1.29 is 22.7 Å². The number of ether oxygens (including phenoxy) is 1. The second-order valence-electron chi connectivity index (χ2n) is 4.33. The predicted molar refractivity (Wildman–Crippen MR) is 76.8 cm³/mol. The minimum Gasteiger partial charge on any atom is -0.435 e. The quantitative estimate of drug-likeness (QED) is 0.890. The Morgan fingerprint density at radius 2 is 1.86 bits per heavy atom. The van der Waals surface area contributed by atoms with Gasteiger partial charge in [-0.2, -0.15) is 8.78 Å². The molecule has 0 aliphatic heterocycles. The molecule has 22 heavy (non-hydrogen) atoms. The maximum atomic E-state index is 13.6. The Labute approximate surface area is 129 Å². The predicted octanol–water partition coefficient (Wildman–Crippen LogP) is 4.26. The number of amides is 1. The molecule has 0 aliphatic rings. The number of rotatable bonds is 5. The number of carbonyl (C=O) groups excluding carboxylic acids is 1. The summed E-state index contributed by atoms with van der Waals surface area (Å²) < 4.78 is 41.8. The van der Waals surface area contributed by atoms with Crippen LogP contribution in [-0.4, -0.2) is 12.5 Å². The normalized spacial score (nSPS) is 10.6. The minimum atomic E-state index is -2.91. The van der Waals surface area contributed by atoms with Gasteiger partial charge in [0.25, 0.3) is 0 Å². The number of halogens is 4. The zero-order chi connectivity index (χ0) is 16.1. The highest BCUT2D eigenvalue weighted by Crippen LogP contribution is 2.21. The highest BCUT2D eigenvalue weighted by molar-refractivity contribution is 6.31. The number of nitrogens with one attached hydrogen (secondary N) is 1. The standard InChI is InChI=1S/C15H11ClF3NO2/c16-12-2-1-3-13(17)11(12)8-14(21)20-9-4-6-10(7-5-9)22-15(18)19/h1-7,15H,8H2,(H,20,21). The van der Waals surface area contributed by atoms with Crippen LogP contribution in [0.3, 0.4) is 0 Å². The minimum absolute atomic E-state index is 0.0230. The first-order chi connectivity index (χ1) is 10.5. The van der Waals surface area contributed by atoms with Gasteiger partial charge in [0.15, 0.2) is 0 Å². The van der Waals surface area contributed by atoms with Crippen LogP contribution < -0.4 is 10.1 Å². The molecule has 0 saturated carbocycles. The third-order valence-electron chi connectivity index (χ3n) is 2.76. The Hall–Kier alpha value is -2.21. The summed E-state index contributed by atoms with van der Waals surface area (Å²) in [7, 11) is 0. The fourth-order valence-corrected chi connectivity index (χ4v) is 2.02. The number of anilines is 1. The Morgan fingerprint density at radius 1 is 1.18 bits per heavy atom. The monoisotopic (exact) mass is 329 g/mol. The van der Waals surface area contributed by atoms with Gasteiger partial charge in [0.2, 0.25) is 5.91 Å². The second-order valence-corrected chi connectivity index (χ2v) is 4.74. The average Bonchev–Trinajstić information content (AvgIpc) is 2.45. The van der Waals surface area contributed by atoms with E-state index in [2.05, 4.69) is 10.1 Å². The van der Waals surface area contributed by atoms with Gasteiger partial charge in [0.05, 0.1) is 6.42 Å². The summed E-state index contributed by atoms with van der Waals surface area (Å²) in [6, 6.07) is 9.53. The molecular weight excluding hydrogens is 319 g/mol. The molecule has 2 rings (SSSR count). The number of hydrogen-bond donors (Lipinski definition) is 1. The molecule has 0 bridgehead atoms. The summed E-state index contributed by atoms with van der Waals surface area (Å²) >= 11 is 5.84. The van der Waals surface area contributed by atoms with Gasteiger partial charge in [-0.05, 0) is 36.4 Å². The van der Waals surface area contributed by atoms with E-state index in [1.165, 1.54) is 42.5 Å². The maximum absolute atomic E-state index is 13.6. The number of hydrogen-bond acceptors (Lipinski definition) is 2. The Balaban J connectivity index is 2.00. The zero-order valence-electron chi connectivity index (χ0n) is 11.2. The topological polar surface area (TPSA) is 38.3 Å². The highest BCUT2D eigenvalue weighted by atomic mass is 35.5. The van der Waals surface area contributed by atoms with Crippen molar-refractivity contribution in [1.29, 1.82) is 0 Å². The summed E-state index contributed by atoms with van der Waals surface area (Å²) in [4.78, 5) is 11.9. The molecule has 2 aromatic rings. The van der Waals surface area contributed by atoms with Crippen molar-refractivity contribution >= 4 is 23.2 Å². The Bertz CT molecular complexity index is 642. The lowest BCUT2D eigenvalue weighted by molar-refractivity contribution is -0.115. The van der Waals surface area contributed by atoms with Crippen molar-refractivity contribution in [3.05, 3.63) is 58.9 Å². The zero-order valence-corrected chi connectivity index (χ0v) is 11.9. The molecule has 0 atom stereocenters. The lowest BCUT2D eigenvalue weighted by Crippen LogP contribution is -2.15. The first-order valence-electron chi connectivity index (χ1n) is 6.23. The summed E-state index contributed by atoms with van der Waals surface area (Å²) in [6.07, 6.45) is -0.235. The number of carbonyl (C=O) groups is 1. The van der Waals surface area contributed by atoms with E-state index in [1.54, 1.807) is 0 Å². The van der Waals surface area contributed by atoms with Crippen molar-refractivity contribution in [1.82, 2.24) is 0 Å². The first-order valence-corrected chi connectivity index (χ1v) is 6.61. The lowest BCUT2D eigenvalue weighted by atomic mass is 10.1. The average molecular weight is 330 g/mol. The van der Waals surface area contributed by atoms with Gasteiger partial charge in [0, 0.05) is 16.3 Å². The summed E-state index contributed by atoms with van der Waals surface area (Å²) in [5.74, 6) is -1.07. The lowest BCUT2D eigenvalue weighted by Gasteiger charge is -2.09. The van der Waals surface area contributed by atoms with Crippen LogP contribution in [0.2, 0.25) is 5.02 Å². The van der Waals surface area contributed by atoms with Crippen molar-refractivity contribution in [2.24, 2.45) is 0 Å². The number of alkyl halides is 2. The molecular formula is C15H11ClF3NO2. The summed E-state index contributed by atoms with van der Waals surface area (Å²) in [6.45, 7) is -2.91. The molecule has 1 amide bonds. The summed E-state index contributed by atoms with van der Waals surface area (Å²) in [5, 5.41) is 2.68. The van der Waals surface area contributed by atoms with E-state index in [4.69, 9.17) is 11.6 Å². The Morgan fingerprint density at radius 3 is 2.45 bits per heavy atom. The van der Waals surface area contributed by atoms with E-state index in [0.717, 1.165) is 0 Å². The smallest absolute Gasteiger partial charge is 0.387 e. The van der Waals surface area contributed by atoms with E-state index < -0.39 is 18.3 Å². The molecule has 0 radical (unpaired) electrons. The van der Waals surface area contributed by atoms with E-state index in [9.17, 15) is 18.0 Å². The van der Waals surface area contributed by atoms with Crippen LogP contribution in [0.4, 0.5) is 18.9 Å². The van der Waals surface area contributed by atoms with Crippen molar-refractivity contribution in [2.75, 3.05) is 5.32 Å². The molecule has 0 heterocycles. The van der Waals surface area contributed by atoms with Crippen LogP contribution in [0.15, 0.2) is 42.5 Å². The largest absolute Gasteiger partial charge is 0.435 e. The maximum Gasteiger partial charge on any atom is 0.387 e. The molecule has 0 fully saturated rings. The van der Waals surface area contributed by atoms with Crippen LogP contribution in [-0.2, 0) is 11.2 Å². The molecule has 7 heteroatoms. The van der Waals surface area contributed by atoms with E-state index in [-0.39, 0.29) is 22.8 Å². The van der Waals surface area contributed by atoms with Gasteiger partial charge in [-0.25, -0.2) is 4.39 Å². The molecule has 116 valence electrons. The van der Waals surface area contributed by atoms with Crippen molar-refractivity contribution in [2.45, 2.75) is 13.0 Å². The fourth-order valence-electron chi connectivity index (χ4n) is 1.79. The third kappa shape index (κ3) is 4.39. The summed E-state index contributed by atoms with van der Waals surface area (Å²) in [5.41, 5.74) is 0.471. The van der Waals surface area contributed by atoms with E-state index in [1.807, 2.05) is 0 Å². The molecule has 0 unspecified atom stereocenters. The van der Waals surface area contributed by atoms with Gasteiger partial charge in [-0.15, -0.1) is 0 Å². The van der Waals surface area contributed by atoms with E-state index >= 15 is 0 Å². The van der Waals surface area contributed by atoms with Gasteiger partial charge in [-0.3, -0.25) is 4.79 Å². The molecule has 0 saturated heterocycles. The van der Waals surface area contributed by atoms with Crippen molar-refractivity contribution in [3.63, 3.8) is 0 Å². The molecule has 0 aromatic heterocycles. The highest BCUT2D eigenvalue weighted by Gasteiger charge is 2.12. The fraction of sp³-hybridized carbons (Fsp3) is 0.133. The third-order valence-corrected chi connectivity index (χ3v) is 3.12. The van der Waals surface area contributed by atoms with Crippen molar-refractivity contribution in [3.8, 4) is 5.75 Å². The van der Waals surface area contributed by atoms with Crippen LogP contribution in [0, 0.1) is 5.82 Å². The van der Waals surface area contributed by atoms with E-state index in [0.29, 0.717) is 5.69 Å². The molecule has 1 N–H and O–H groups in total. The molecule has 0 spiro atoms. The molecule has 0 aliphatic carbocycles. The van der Waals surface area contributed by atoms with Crippen LogP contribution in [0.5, 0.6) is 5.75 Å². The van der Waals surface area contributed by atoms with Gasteiger partial charge in [-0.1, -0.05) is 17.7 Å². The van der Waals surface area contributed by atoms with Crippen LogP contribution in [0.1, 0.15) is 5.56 Å². The SMILES string of the molecule is O=C(Cc1c(F)cccc1Cl)Nc1ccc(OC(F)F)cc1. The number of benzene rings is 2. The molecule has 2 aromatic carbocycles. The first kappa shape index (κ1) is 16.2. The van der Waals surface area contributed by atoms with Crippen LogP contribution >= 0.6 is 11.6 Å². The molecule has 3 nitrogen and oxygen atoms in total. The van der Waals surface area contributed by atoms with Crippen LogP contribution in [0.25, 0.3) is 0 Å². The Kier molecular flexibility index (Phi) is 5.27. The van der Waals surface area contributed by atoms with Gasteiger partial charge in [0.1, 0.15) is 11.6 Å². The second kappa shape index (κ2) is 7.17.